The molecule has 0 radical (unpaired) electrons. The van der Waals surface area contributed by atoms with Crippen molar-refractivity contribution in [2.75, 3.05) is 5.32 Å². The zero-order chi connectivity index (χ0) is 13.9. The molecule has 0 amide bonds. The minimum absolute atomic E-state index is 0.192. The number of benzene rings is 1. The molecular weight excluding hydrogens is 259 g/mol. The second-order valence-corrected chi connectivity index (χ2v) is 3.72. The Morgan fingerprint density at radius 2 is 2.00 bits per heavy atom. The third-order valence-corrected chi connectivity index (χ3v) is 2.31. The highest BCUT2D eigenvalue weighted by atomic mass is 19.4. The van der Waals surface area contributed by atoms with E-state index < -0.39 is 11.7 Å². The molecule has 2 aromatic rings. The van der Waals surface area contributed by atoms with Crippen LogP contribution in [0, 0.1) is 0 Å². The molecule has 1 aromatic heterocycles. The standard InChI is InChI=1S/C12H10F3N3O/c13-12(14,15)8-2-1-3-9(6-8)17-10-4-5-16-11(7-19)18-10/h1-6,19H,7H2,(H,16,17,18). The first-order chi connectivity index (χ1) is 8.99. The van der Waals surface area contributed by atoms with Crippen LogP contribution >= 0.6 is 0 Å². The summed E-state index contributed by atoms with van der Waals surface area (Å²) in [5, 5.41) is 11.6. The number of hydrogen-bond donors (Lipinski definition) is 2. The number of halogens is 3. The van der Waals surface area contributed by atoms with Crippen LogP contribution in [0.25, 0.3) is 0 Å². The molecule has 19 heavy (non-hydrogen) atoms. The van der Waals surface area contributed by atoms with Gasteiger partial charge in [-0.05, 0) is 24.3 Å². The van der Waals surface area contributed by atoms with Gasteiger partial charge < -0.3 is 10.4 Å². The maximum Gasteiger partial charge on any atom is 0.416 e. The van der Waals surface area contributed by atoms with Crippen molar-refractivity contribution in [3.63, 3.8) is 0 Å². The highest BCUT2D eigenvalue weighted by molar-refractivity contribution is 5.56. The third kappa shape index (κ3) is 3.41. The van der Waals surface area contributed by atoms with Crippen LogP contribution in [0.3, 0.4) is 0 Å². The van der Waals surface area contributed by atoms with Crippen LogP contribution < -0.4 is 5.32 Å². The number of nitrogens with one attached hydrogen (secondary N) is 1. The van der Waals surface area contributed by atoms with E-state index in [0.717, 1.165) is 12.1 Å². The number of anilines is 2. The summed E-state index contributed by atoms with van der Waals surface area (Å²) in [6, 6.07) is 6.28. The average Bonchev–Trinajstić information content (AvgIpc) is 2.38. The number of aromatic nitrogens is 2. The molecule has 0 fully saturated rings. The lowest BCUT2D eigenvalue weighted by Crippen LogP contribution is -2.05. The number of alkyl halides is 3. The first-order valence-corrected chi connectivity index (χ1v) is 5.36. The SMILES string of the molecule is OCc1nccc(Nc2cccc(C(F)(F)F)c2)n1. The van der Waals surface area contributed by atoms with E-state index in [0.29, 0.717) is 5.82 Å². The molecule has 1 heterocycles. The van der Waals surface area contributed by atoms with Crippen LogP contribution in [0.4, 0.5) is 24.7 Å². The number of aliphatic hydroxyl groups is 1. The van der Waals surface area contributed by atoms with Crippen LogP contribution in [0.15, 0.2) is 36.5 Å². The summed E-state index contributed by atoms with van der Waals surface area (Å²) in [6.07, 6.45) is -2.98. The van der Waals surface area contributed by atoms with Gasteiger partial charge in [-0.2, -0.15) is 13.2 Å². The molecule has 2 rings (SSSR count). The Bertz CT molecular complexity index is 572. The molecule has 0 bridgehead atoms. The molecule has 0 saturated carbocycles. The van der Waals surface area contributed by atoms with Crippen molar-refractivity contribution in [3.05, 3.63) is 47.9 Å². The minimum Gasteiger partial charge on any atom is -0.388 e. The van der Waals surface area contributed by atoms with E-state index in [-0.39, 0.29) is 18.1 Å². The van der Waals surface area contributed by atoms with Gasteiger partial charge in [0, 0.05) is 11.9 Å². The lowest BCUT2D eigenvalue weighted by molar-refractivity contribution is -0.137. The molecule has 0 aliphatic carbocycles. The summed E-state index contributed by atoms with van der Waals surface area (Å²) < 4.78 is 37.6. The van der Waals surface area contributed by atoms with Gasteiger partial charge in [-0.3, -0.25) is 0 Å². The number of rotatable bonds is 3. The van der Waals surface area contributed by atoms with Crippen LogP contribution in [-0.2, 0) is 12.8 Å². The van der Waals surface area contributed by atoms with Crippen LogP contribution in [0.2, 0.25) is 0 Å². The summed E-state index contributed by atoms with van der Waals surface area (Å²) in [5.41, 5.74) is -0.480. The minimum atomic E-state index is -4.39. The summed E-state index contributed by atoms with van der Waals surface area (Å²) >= 11 is 0. The number of hydrogen-bond acceptors (Lipinski definition) is 4. The fourth-order valence-electron chi connectivity index (χ4n) is 1.47. The smallest absolute Gasteiger partial charge is 0.388 e. The zero-order valence-corrected chi connectivity index (χ0v) is 9.65. The monoisotopic (exact) mass is 269 g/mol. The molecule has 1 aromatic carbocycles. The van der Waals surface area contributed by atoms with Gasteiger partial charge in [-0.25, -0.2) is 9.97 Å². The maximum absolute atomic E-state index is 12.5. The first-order valence-electron chi connectivity index (χ1n) is 5.36. The van der Waals surface area contributed by atoms with E-state index >= 15 is 0 Å². The fraction of sp³-hybridized carbons (Fsp3) is 0.167. The van der Waals surface area contributed by atoms with Crippen molar-refractivity contribution in [2.45, 2.75) is 12.8 Å². The highest BCUT2D eigenvalue weighted by Crippen LogP contribution is 2.31. The fourth-order valence-corrected chi connectivity index (χ4v) is 1.47. The highest BCUT2D eigenvalue weighted by Gasteiger charge is 2.30. The number of aliphatic hydroxyl groups excluding tert-OH is 1. The van der Waals surface area contributed by atoms with Gasteiger partial charge in [0.1, 0.15) is 12.4 Å². The predicted octanol–water partition coefficient (Wildman–Crippen LogP) is 2.73. The van der Waals surface area contributed by atoms with Crippen LogP contribution in [-0.4, -0.2) is 15.1 Å². The second kappa shape index (κ2) is 5.23. The second-order valence-electron chi connectivity index (χ2n) is 3.72. The van der Waals surface area contributed by atoms with Crippen molar-refractivity contribution in [1.82, 2.24) is 9.97 Å². The molecule has 0 aliphatic heterocycles. The predicted molar refractivity (Wildman–Crippen MR) is 62.7 cm³/mol. The van der Waals surface area contributed by atoms with Crippen molar-refractivity contribution in [1.29, 1.82) is 0 Å². The Labute approximate surface area is 106 Å². The van der Waals surface area contributed by atoms with E-state index in [2.05, 4.69) is 15.3 Å². The lowest BCUT2D eigenvalue weighted by Gasteiger charge is -2.10. The number of nitrogens with zero attached hydrogens (tertiary/aromatic N) is 2. The molecule has 7 heteroatoms. The summed E-state index contributed by atoms with van der Waals surface area (Å²) in [6.45, 7) is -0.335. The van der Waals surface area contributed by atoms with E-state index in [1.54, 1.807) is 0 Å². The van der Waals surface area contributed by atoms with Gasteiger partial charge in [-0.15, -0.1) is 0 Å². The van der Waals surface area contributed by atoms with Gasteiger partial charge in [0.25, 0.3) is 0 Å². The molecule has 100 valence electrons. The van der Waals surface area contributed by atoms with Gasteiger partial charge >= 0.3 is 6.18 Å². The van der Waals surface area contributed by atoms with Crippen LogP contribution in [0.1, 0.15) is 11.4 Å². The van der Waals surface area contributed by atoms with Gasteiger partial charge in [0.2, 0.25) is 0 Å². The molecule has 4 nitrogen and oxygen atoms in total. The molecule has 2 N–H and O–H groups in total. The zero-order valence-electron chi connectivity index (χ0n) is 9.65. The van der Waals surface area contributed by atoms with Crippen molar-refractivity contribution < 1.29 is 18.3 Å². The molecule has 0 spiro atoms. The topological polar surface area (TPSA) is 58.0 Å². The molecule has 0 aliphatic rings. The average molecular weight is 269 g/mol. The molecular formula is C12H10F3N3O. The summed E-state index contributed by atoms with van der Waals surface area (Å²) in [7, 11) is 0. The Balaban J connectivity index is 2.23. The molecule has 0 unspecified atom stereocenters. The van der Waals surface area contributed by atoms with Crippen LogP contribution in [0.5, 0.6) is 0 Å². The normalized spacial score (nSPS) is 11.4. The quantitative estimate of drug-likeness (QED) is 0.899. The largest absolute Gasteiger partial charge is 0.416 e. The van der Waals surface area contributed by atoms with E-state index in [1.165, 1.54) is 24.4 Å². The summed E-state index contributed by atoms with van der Waals surface area (Å²) in [4.78, 5) is 7.70. The van der Waals surface area contributed by atoms with Gasteiger partial charge in [0.15, 0.2) is 5.82 Å². The van der Waals surface area contributed by atoms with Crippen molar-refractivity contribution >= 4 is 11.5 Å². The van der Waals surface area contributed by atoms with Crippen molar-refractivity contribution in [3.8, 4) is 0 Å². The van der Waals surface area contributed by atoms with E-state index in [4.69, 9.17) is 5.11 Å². The van der Waals surface area contributed by atoms with E-state index in [9.17, 15) is 13.2 Å². The Kier molecular flexibility index (Phi) is 3.66. The maximum atomic E-state index is 12.5. The Morgan fingerprint density at radius 1 is 1.21 bits per heavy atom. The first kappa shape index (κ1) is 13.3. The summed E-state index contributed by atoms with van der Waals surface area (Å²) in [5.74, 6) is 0.510. The van der Waals surface area contributed by atoms with Gasteiger partial charge in [0.05, 0.1) is 5.56 Å². The Morgan fingerprint density at radius 3 is 2.68 bits per heavy atom. The van der Waals surface area contributed by atoms with E-state index in [1.807, 2.05) is 0 Å². The van der Waals surface area contributed by atoms with Gasteiger partial charge in [-0.1, -0.05) is 6.07 Å². The molecule has 0 saturated heterocycles. The lowest BCUT2D eigenvalue weighted by atomic mass is 10.2. The molecule has 0 atom stereocenters. The third-order valence-electron chi connectivity index (χ3n) is 2.31. The Hall–Kier alpha value is -2.15. The van der Waals surface area contributed by atoms with Crippen molar-refractivity contribution in [2.24, 2.45) is 0 Å².